The molecule has 1 aromatic rings. The summed E-state index contributed by atoms with van der Waals surface area (Å²) in [7, 11) is 1.64. The largest absolute Gasteiger partial charge is 0.387 e. The van der Waals surface area contributed by atoms with E-state index in [-0.39, 0.29) is 0 Å². The number of nitrogens with two attached hydrogens (primary N) is 1. The van der Waals surface area contributed by atoms with E-state index in [9.17, 15) is 0 Å². The van der Waals surface area contributed by atoms with Gasteiger partial charge in [0.1, 0.15) is 0 Å². The van der Waals surface area contributed by atoms with Crippen molar-refractivity contribution in [3.05, 3.63) is 33.8 Å². The molecule has 2 N–H and O–H groups in total. The molecule has 0 aliphatic heterocycles. The molecule has 0 radical (unpaired) electrons. The van der Waals surface area contributed by atoms with E-state index in [1.807, 2.05) is 0 Å². The minimum atomic E-state index is 0.495. The number of aliphatic imine (C=N–C) groups is 1. The highest BCUT2D eigenvalue weighted by Crippen LogP contribution is 2.24. The van der Waals surface area contributed by atoms with Gasteiger partial charge < -0.3 is 5.73 Å². The predicted molar refractivity (Wildman–Crippen MR) is 57.7 cm³/mol. The molecule has 70 valence electrons. The summed E-state index contributed by atoms with van der Waals surface area (Å²) in [6, 6.07) is 5.37. The number of hydrogen-bond donors (Lipinski definition) is 1. The highest BCUT2D eigenvalue weighted by Gasteiger charge is 2.06. The maximum Gasteiger partial charge on any atom is 0.0979 e. The van der Waals surface area contributed by atoms with Gasteiger partial charge >= 0.3 is 0 Å². The van der Waals surface area contributed by atoms with E-state index in [0.717, 1.165) is 5.56 Å². The fourth-order valence-corrected chi connectivity index (χ4v) is 1.49. The van der Waals surface area contributed by atoms with Crippen molar-refractivity contribution in [2.45, 2.75) is 6.42 Å². The molecule has 0 aliphatic carbocycles. The van der Waals surface area contributed by atoms with Gasteiger partial charge in [0, 0.05) is 23.5 Å². The third-order valence-electron chi connectivity index (χ3n) is 1.71. The smallest absolute Gasteiger partial charge is 0.0979 e. The van der Waals surface area contributed by atoms with Crippen LogP contribution in [-0.4, -0.2) is 12.9 Å². The molecule has 0 saturated carbocycles. The SMILES string of the molecule is CN=C(N)Cc1c(Cl)cccc1Cl. The summed E-state index contributed by atoms with van der Waals surface area (Å²) >= 11 is 11.9. The first-order valence-electron chi connectivity index (χ1n) is 3.79. The average Bonchev–Trinajstić information content (AvgIpc) is 2.11. The number of benzene rings is 1. The lowest BCUT2D eigenvalue weighted by molar-refractivity contribution is 1.25. The lowest BCUT2D eigenvalue weighted by Gasteiger charge is -2.05. The molecule has 0 atom stereocenters. The first kappa shape index (κ1) is 10.4. The van der Waals surface area contributed by atoms with Gasteiger partial charge in [-0.2, -0.15) is 0 Å². The second kappa shape index (κ2) is 4.49. The van der Waals surface area contributed by atoms with E-state index in [4.69, 9.17) is 28.9 Å². The topological polar surface area (TPSA) is 38.4 Å². The molecule has 0 unspecified atom stereocenters. The zero-order valence-electron chi connectivity index (χ0n) is 7.22. The van der Waals surface area contributed by atoms with Gasteiger partial charge in [0.25, 0.3) is 0 Å². The molecule has 13 heavy (non-hydrogen) atoms. The molecule has 4 heteroatoms. The van der Waals surface area contributed by atoms with Gasteiger partial charge in [0.05, 0.1) is 5.84 Å². The van der Waals surface area contributed by atoms with Crippen LogP contribution < -0.4 is 5.73 Å². The molecular formula is C9H10Cl2N2. The van der Waals surface area contributed by atoms with E-state index in [2.05, 4.69) is 4.99 Å². The van der Waals surface area contributed by atoms with Crippen LogP contribution in [-0.2, 0) is 6.42 Å². The normalized spacial score (nSPS) is 11.8. The Morgan fingerprint density at radius 3 is 2.38 bits per heavy atom. The van der Waals surface area contributed by atoms with Crippen LogP contribution >= 0.6 is 23.2 Å². The van der Waals surface area contributed by atoms with E-state index in [0.29, 0.717) is 22.3 Å². The van der Waals surface area contributed by atoms with E-state index in [1.54, 1.807) is 25.2 Å². The molecular weight excluding hydrogens is 207 g/mol. The number of amidine groups is 1. The van der Waals surface area contributed by atoms with Crippen molar-refractivity contribution in [1.82, 2.24) is 0 Å². The number of nitrogens with zero attached hydrogens (tertiary/aromatic N) is 1. The van der Waals surface area contributed by atoms with E-state index in [1.165, 1.54) is 0 Å². The van der Waals surface area contributed by atoms with Gasteiger partial charge in [0.2, 0.25) is 0 Å². The third-order valence-corrected chi connectivity index (χ3v) is 2.42. The Morgan fingerprint density at radius 2 is 1.92 bits per heavy atom. The third kappa shape index (κ3) is 2.61. The van der Waals surface area contributed by atoms with Gasteiger partial charge in [0.15, 0.2) is 0 Å². The maximum atomic E-state index is 5.94. The average molecular weight is 217 g/mol. The van der Waals surface area contributed by atoms with Crippen molar-refractivity contribution >= 4 is 29.0 Å². The fraction of sp³-hybridized carbons (Fsp3) is 0.222. The highest BCUT2D eigenvalue weighted by atomic mass is 35.5. The van der Waals surface area contributed by atoms with Crippen LogP contribution in [0.4, 0.5) is 0 Å². The van der Waals surface area contributed by atoms with Gasteiger partial charge in [-0.05, 0) is 17.7 Å². The Morgan fingerprint density at radius 1 is 1.38 bits per heavy atom. The second-order valence-electron chi connectivity index (χ2n) is 2.59. The summed E-state index contributed by atoms with van der Waals surface area (Å²) in [6.07, 6.45) is 0.495. The van der Waals surface area contributed by atoms with Crippen LogP contribution in [0.1, 0.15) is 5.56 Å². The van der Waals surface area contributed by atoms with Crippen LogP contribution in [0.3, 0.4) is 0 Å². The van der Waals surface area contributed by atoms with Crippen molar-refractivity contribution in [1.29, 1.82) is 0 Å². The van der Waals surface area contributed by atoms with Crippen molar-refractivity contribution in [2.24, 2.45) is 10.7 Å². The summed E-state index contributed by atoms with van der Waals surface area (Å²) in [5.41, 5.74) is 6.40. The first-order chi connectivity index (χ1) is 6.15. The Kier molecular flexibility index (Phi) is 3.58. The Bertz CT molecular complexity index is 314. The lowest BCUT2D eigenvalue weighted by atomic mass is 10.1. The van der Waals surface area contributed by atoms with Crippen LogP contribution in [0.25, 0.3) is 0 Å². The summed E-state index contributed by atoms with van der Waals surface area (Å²) in [5, 5.41) is 1.25. The maximum absolute atomic E-state index is 5.94. The van der Waals surface area contributed by atoms with Crippen molar-refractivity contribution in [2.75, 3.05) is 7.05 Å². The molecule has 0 amide bonds. The monoisotopic (exact) mass is 216 g/mol. The van der Waals surface area contributed by atoms with Crippen LogP contribution in [0, 0.1) is 0 Å². The molecule has 1 aromatic carbocycles. The molecule has 0 bridgehead atoms. The molecule has 1 rings (SSSR count). The van der Waals surface area contributed by atoms with Crippen LogP contribution in [0.15, 0.2) is 23.2 Å². The number of hydrogen-bond acceptors (Lipinski definition) is 1. The molecule has 0 fully saturated rings. The molecule has 2 nitrogen and oxygen atoms in total. The van der Waals surface area contributed by atoms with Gasteiger partial charge in [-0.15, -0.1) is 0 Å². The first-order valence-corrected chi connectivity index (χ1v) is 4.54. The zero-order chi connectivity index (χ0) is 9.84. The summed E-state index contributed by atoms with van der Waals surface area (Å²) < 4.78 is 0. The van der Waals surface area contributed by atoms with E-state index < -0.39 is 0 Å². The summed E-state index contributed by atoms with van der Waals surface area (Å²) in [4.78, 5) is 3.84. The quantitative estimate of drug-likeness (QED) is 0.599. The molecule has 0 aliphatic rings. The van der Waals surface area contributed by atoms with Crippen LogP contribution in [0.2, 0.25) is 10.0 Å². The molecule has 0 heterocycles. The van der Waals surface area contributed by atoms with Crippen molar-refractivity contribution in [3.8, 4) is 0 Å². The molecule has 0 spiro atoms. The number of halogens is 2. The van der Waals surface area contributed by atoms with Crippen molar-refractivity contribution in [3.63, 3.8) is 0 Å². The van der Waals surface area contributed by atoms with Crippen molar-refractivity contribution < 1.29 is 0 Å². The molecule has 0 aromatic heterocycles. The van der Waals surface area contributed by atoms with Gasteiger partial charge in [-0.1, -0.05) is 29.3 Å². The van der Waals surface area contributed by atoms with E-state index >= 15 is 0 Å². The number of rotatable bonds is 2. The summed E-state index contributed by atoms with van der Waals surface area (Å²) in [5.74, 6) is 0.523. The lowest BCUT2D eigenvalue weighted by Crippen LogP contribution is -2.15. The minimum absolute atomic E-state index is 0.495. The standard InChI is InChI=1S/C9H10Cl2N2/c1-13-9(12)5-6-7(10)3-2-4-8(6)11/h2-4H,5H2,1H3,(H2,12,13). The zero-order valence-corrected chi connectivity index (χ0v) is 8.73. The highest BCUT2D eigenvalue weighted by molar-refractivity contribution is 6.36. The summed E-state index contributed by atoms with van der Waals surface area (Å²) in [6.45, 7) is 0. The molecule has 0 saturated heterocycles. The Balaban J connectivity index is 3.00. The van der Waals surface area contributed by atoms with Gasteiger partial charge in [-0.25, -0.2) is 0 Å². The Labute approximate surface area is 87.4 Å². The Hall–Kier alpha value is -0.730. The second-order valence-corrected chi connectivity index (χ2v) is 3.41. The fourth-order valence-electron chi connectivity index (χ4n) is 0.961. The van der Waals surface area contributed by atoms with Crippen LogP contribution in [0.5, 0.6) is 0 Å². The minimum Gasteiger partial charge on any atom is -0.387 e. The predicted octanol–water partition coefficient (Wildman–Crippen LogP) is 2.52. The van der Waals surface area contributed by atoms with Gasteiger partial charge in [-0.3, -0.25) is 4.99 Å².